The van der Waals surface area contributed by atoms with E-state index in [-0.39, 0.29) is 0 Å². The van der Waals surface area contributed by atoms with Crippen molar-refractivity contribution in [2.24, 2.45) is 5.92 Å². The van der Waals surface area contributed by atoms with E-state index in [4.69, 9.17) is 0 Å². The summed E-state index contributed by atoms with van der Waals surface area (Å²) < 4.78 is 1.93. The van der Waals surface area contributed by atoms with Crippen molar-refractivity contribution >= 4 is 11.3 Å². The highest BCUT2D eigenvalue weighted by Crippen LogP contribution is 2.43. The minimum Gasteiger partial charge on any atom is -0.340 e. The zero-order valence-electron chi connectivity index (χ0n) is 17.5. The van der Waals surface area contributed by atoms with E-state index in [2.05, 4.69) is 73.6 Å². The highest BCUT2D eigenvalue weighted by Gasteiger charge is 2.32. The minimum absolute atomic E-state index is 0.645. The van der Waals surface area contributed by atoms with Gasteiger partial charge in [-0.2, -0.15) is 0 Å². The van der Waals surface area contributed by atoms with Gasteiger partial charge in [-0.15, -0.1) is 10.2 Å². The smallest absolute Gasteiger partial charge is 0.169 e. The Kier molecular flexibility index (Phi) is 4.61. The Hall–Kier alpha value is -4.06. The van der Waals surface area contributed by atoms with Crippen molar-refractivity contribution in [1.29, 1.82) is 0 Å². The summed E-state index contributed by atoms with van der Waals surface area (Å²) in [5, 5.41) is 8.55. The molecule has 0 bridgehead atoms. The first-order valence-corrected chi connectivity index (χ1v) is 10.9. The van der Waals surface area contributed by atoms with E-state index in [1.54, 1.807) is 12.5 Å². The fraction of sp³-hybridized carbons (Fsp3) is 0.154. The summed E-state index contributed by atoms with van der Waals surface area (Å²) in [6.07, 6.45) is 14.3. The summed E-state index contributed by atoms with van der Waals surface area (Å²) in [5.41, 5.74) is 6.07. The molecule has 1 aliphatic heterocycles. The Morgan fingerprint density at radius 3 is 2.56 bits per heavy atom. The summed E-state index contributed by atoms with van der Waals surface area (Å²) in [4.78, 5) is 11.1. The molecule has 0 spiro atoms. The molecule has 1 aromatic carbocycles. The molecular formula is C26H22N6. The van der Waals surface area contributed by atoms with E-state index in [9.17, 15) is 0 Å². The van der Waals surface area contributed by atoms with Crippen LogP contribution in [0.5, 0.6) is 0 Å². The average Bonchev–Trinajstić information content (AvgIpc) is 3.60. The Labute approximate surface area is 186 Å². The summed E-state index contributed by atoms with van der Waals surface area (Å²) in [5.74, 6) is 2.23. The van der Waals surface area contributed by atoms with E-state index in [1.165, 1.54) is 29.7 Å². The van der Waals surface area contributed by atoms with Crippen molar-refractivity contribution in [3.63, 3.8) is 0 Å². The summed E-state index contributed by atoms with van der Waals surface area (Å²) in [6.45, 7) is 0.836. The van der Waals surface area contributed by atoms with Crippen molar-refractivity contribution in [1.82, 2.24) is 24.7 Å². The number of hydrogen-bond donors (Lipinski definition) is 0. The fourth-order valence-electron chi connectivity index (χ4n) is 4.23. The van der Waals surface area contributed by atoms with Crippen LogP contribution in [0.3, 0.4) is 0 Å². The SMILES string of the molecule is C1=C(c2ccncc2)CN(c2cccc(-c3nncn3-c3ccccn3)c2)C(C2CC2)=C1. The highest BCUT2D eigenvalue weighted by atomic mass is 15.3. The molecule has 6 nitrogen and oxygen atoms in total. The number of rotatable bonds is 5. The second kappa shape index (κ2) is 7.89. The van der Waals surface area contributed by atoms with Gasteiger partial charge in [-0.25, -0.2) is 4.98 Å². The van der Waals surface area contributed by atoms with Gasteiger partial charge in [0.05, 0.1) is 0 Å². The Morgan fingerprint density at radius 2 is 1.75 bits per heavy atom. The van der Waals surface area contributed by atoms with E-state index in [1.807, 2.05) is 35.2 Å². The standard InChI is InChI=1S/C26H22N6/c1-2-13-28-25(6-1)32-18-29-30-26(32)21-4-3-5-23(16-21)31-17-22(19-11-14-27-15-12-19)9-10-24(31)20-7-8-20/h1-6,9-16,18,20H,7-8,17H2. The molecule has 0 saturated heterocycles. The van der Waals surface area contributed by atoms with Crippen molar-refractivity contribution in [3.8, 4) is 17.2 Å². The largest absolute Gasteiger partial charge is 0.340 e. The lowest BCUT2D eigenvalue weighted by atomic mass is 10.0. The lowest BCUT2D eigenvalue weighted by molar-refractivity contribution is 0.874. The molecule has 4 heterocycles. The number of benzene rings is 1. The van der Waals surface area contributed by atoms with Gasteiger partial charge in [-0.1, -0.05) is 24.3 Å². The van der Waals surface area contributed by atoms with Crippen LogP contribution in [-0.2, 0) is 0 Å². The van der Waals surface area contributed by atoms with Crippen molar-refractivity contribution in [2.75, 3.05) is 11.4 Å². The first kappa shape index (κ1) is 18.7. The molecule has 1 fully saturated rings. The van der Waals surface area contributed by atoms with Crippen LogP contribution in [-0.4, -0.2) is 31.3 Å². The van der Waals surface area contributed by atoms with Gasteiger partial charge in [0.2, 0.25) is 0 Å². The first-order valence-electron chi connectivity index (χ1n) is 10.9. The van der Waals surface area contributed by atoms with Gasteiger partial charge >= 0.3 is 0 Å². The normalized spacial score (nSPS) is 15.9. The molecule has 0 radical (unpaired) electrons. The average molecular weight is 419 g/mol. The zero-order valence-corrected chi connectivity index (χ0v) is 17.5. The van der Waals surface area contributed by atoms with Crippen LogP contribution in [0.2, 0.25) is 0 Å². The van der Waals surface area contributed by atoms with Crippen molar-refractivity contribution in [3.05, 3.63) is 103 Å². The van der Waals surface area contributed by atoms with Gasteiger partial charge < -0.3 is 4.90 Å². The van der Waals surface area contributed by atoms with E-state index < -0.39 is 0 Å². The highest BCUT2D eigenvalue weighted by molar-refractivity contribution is 5.77. The molecule has 0 amide bonds. The molecule has 0 N–H and O–H groups in total. The molecule has 6 heteroatoms. The number of allylic oxidation sites excluding steroid dienone is 3. The van der Waals surface area contributed by atoms with Crippen LogP contribution in [0.15, 0.2) is 97.4 Å². The maximum atomic E-state index is 4.46. The minimum atomic E-state index is 0.645. The maximum Gasteiger partial charge on any atom is 0.169 e. The zero-order chi connectivity index (χ0) is 21.3. The molecular weight excluding hydrogens is 396 g/mol. The number of hydrogen-bond acceptors (Lipinski definition) is 5. The van der Waals surface area contributed by atoms with Gasteiger partial charge in [-0.3, -0.25) is 9.55 Å². The van der Waals surface area contributed by atoms with E-state index in [0.717, 1.165) is 29.4 Å². The lowest BCUT2D eigenvalue weighted by Gasteiger charge is -2.32. The second-order valence-electron chi connectivity index (χ2n) is 8.14. The van der Waals surface area contributed by atoms with Crippen LogP contribution < -0.4 is 4.90 Å². The molecule has 3 aromatic heterocycles. The third kappa shape index (κ3) is 3.50. The van der Waals surface area contributed by atoms with Gasteiger partial charge in [-0.05, 0) is 72.4 Å². The lowest BCUT2D eigenvalue weighted by Crippen LogP contribution is -2.28. The Bertz CT molecular complexity index is 1300. The number of nitrogens with zero attached hydrogens (tertiary/aromatic N) is 6. The van der Waals surface area contributed by atoms with Gasteiger partial charge in [0.15, 0.2) is 5.82 Å². The van der Waals surface area contributed by atoms with Crippen LogP contribution in [0.4, 0.5) is 5.69 Å². The van der Waals surface area contributed by atoms with E-state index >= 15 is 0 Å². The van der Waals surface area contributed by atoms with Gasteiger partial charge in [0, 0.05) is 42.1 Å². The van der Waals surface area contributed by atoms with Crippen LogP contribution in [0.25, 0.3) is 22.8 Å². The molecule has 1 saturated carbocycles. The third-order valence-electron chi connectivity index (χ3n) is 6.00. The number of anilines is 1. The molecule has 0 atom stereocenters. The fourth-order valence-corrected chi connectivity index (χ4v) is 4.23. The summed E-state index contributed by atoms with van der Waals surface area (Å²) in [6, 6.07) is 18.5. The number of pyridine rings is 2. The van der Waals surface area contributed by atoms with Crippen molar-refractivity contribution in [2.45, 2.75) is 12.8 Å². The molecule has 0 unspecified atom stereocenters. The Morgan fingerprint density at radius 1 is 0.844 bits per heavy atom. The Balaban J connectivity index is 1.38. The van der Waals surface area contributed by atoms with Crippen LogP contribution in [0.1, 0.15) is 18.4 Å². The molecule has 4 aromatic rings. The summed E-state index contributed by atoms with van der Waals surface area (Å²) in [7, 11) is 0. The predicted octanol–water partition coefficient (Wildman–Crippen LogP) is 4.92. The van der Waals surface area contributed by atoms with Crippen LogP contribution >= 0.6 is 0 Å². The summed E-state index contributed by atoms with van der Waals surface area (Å²) >= 11 is 0. The topological polar surface area (TPSA) is 59.7 Å². The van der Waals surface area contributed by atoms with E-state index in [0.29, 0.717) is 5.92 Å². The molecule has 32 heavy (non-hydrogen) atoms. The second-order valence-corrected chi connectivity index (χ2v) is 8.14. The quantitative estimate of drug-likeness (QED) is 0.460. The monoisotopic (exact) mass is 418 g/mol. The maximum absolute atomic E-state index is 4.46. The van der Waals surface area contributed by atoms with Crippen molar-refractivity contribution < 1.29 is 0 Å². The molecule has 156 valence electrons. The third-order valence-corrected chi connectivity index (χ3v) is 6.00. The molecule has 2 aliphatic rings. The van der Waals surface area contributed by atoms with Gasteiger partial charge in [0.1, 0.15) is 12.1 Å². The number of aromatic nitrogens is 5. The van der Waals surface area contributed by atoms with Gasteiger partial charge in [0.25, 0.3) is 0 Å². The molecule has 6 rings (SSSR count). The molecule has 1 aliphatic carbocycles. The first-order chi connectivity index (χ1) is 15.9. The predicted molar refractivity (Wildman–Crippen MR) is 125 cm³/mol. The van der Waals surface area contributed by atoms with Crippen LogP contribution in [0, 0.1) is 5.92 Å².